The summed E-state index contributed by atoms with van der Waals surface area (Å²) in [6, 6.07) is 6.58. The fourth-order valence-corrected chi connectivity index (χ4v) is 2.27. The number of thioether (sulfide) groups is 1. The Labute approximate surface area is 104 Å². The average molecular weight is 281 g/mol. The van der Waals surface area contributed by atoms with Gasteiger partial charge in [0.2, 0.25) is 0 Å². The lowest BCUT2D eigenvalue weighted by Crippen LogP contribution is -2.14. The van der Waals surface area contributed by atoms with Gasteiger partial charge in [-0.2, -0.15) is 8.78 Å². The zero-order chi connectivity index (χ0) is 12.9. The molecule has 0 atom stereocenters. The third kappa shape index (κ3) is 5.88. The van der Waals surface area contributed by atoms with Crippen molar-refractivity contribution in [3.63, 3.8) is 0 Å². The molecule has 0 aliphatic carbocycles. The molecular weight excluding hydrogens is 268 g/mol. The van der Waals surface area contributed by atoms with Gasteiger partial charge in [-0.3, -0.25) is 0 Å². The highest BCUT2D eigenvalue weighted by molar-refractivity contribution is 7.99. The van der Waals surface area contributed by atoms with Crippen LogP contribution in [0.1, 0.15) is 0 Å². The highest BCUT2D eigenvalue weighted by Gasteiger charge is 2.09. The Morgan fingerprint density at radius 1 is 1.35 bits per heavy atom. The highest BCUT2D eigenvalue weighted by Crippen LogP contribution is 2.31. The standard InChI is InChI=1S/C10H13F2NO2S2/c1-17(14,15)7-6-13-8-4-2-3-5-9(8)16-10(11)12/h2-5,10,13H,6-7H2,1H3. The molecule has 1 aromatic carbocycles. The van der Waals surface area contributed by atoms with E-state index in [4.69, 9.17) is 0 Å². The first-order valence-corrected chi connectivity index (χ1v) is 7.78. The number of nitrogens with one attached hydrogen (secondary N) is 1. The van der Waals surface area contributed by atoms with E-state index in [1.165, 1.54) is 0 Å². The van der Waals surface area contributed by atoms with Gasteiger partial charge in [0, 0.05) is 23.4 Å². The quantitative estimate of drug-likeness (QED) is 0.814. The molecule has 96 valence electrons. The zero-order valence-electron chi connectivity index (χ0n) is 9.19. The summed E-state index contributed by atoms with van der Waals surface area (Å²) in [6.07, 6.45) is 1.13. The molecule has 0 aliphatic rings. The van der Waals surface area contributed by atoms with Crippen LogP contribution in [0.5, 0.6) is 0 Å². The first kappa shape index (κ1) is 14.2. The minimum Gasteiger partial charge on any atom is -0.383 e. The predicted octanol–water partition coefficient (Wildman–Crippen LogP) is 2.46. The van der Waals surface area contributed by atoms with Gasteiger partial charge in [-0.25, -0.2) is 8.42 Å². The minimum absolute atomic E-state index is 0.0271. The van der Waals surface area contributed by atoms with Gasteiger partial charge in [-0.1, -0.05) is 23.9 Å². The largest absolute Gasteiger partial charge is 0.383 e. The van der Waals surface area contributed by atoms with Crippen LogP contribution in [0.15, 0.2) is 29.2 Å². The summed E-state index contributed by atoms with van der Waals surface area (Å²) in [5.74, 6) is -2.52. The van der Waals surface area contributed by atoms with E-state index in [9.17, 15) is 17.2 Å². The van der Waals surface area contributed by atoms with Crippen LogP contribution >= 0.6 is 11.8 Å². The van der Waals surface area contributed by atoms with Gasteiger partial charge in [0.15, 0.2) is 0 Å². The van der Waals surface area contributed by atoms with Crippen molar-refractivity contribution in [2.75, 3.05) is 23.9 Å². The van der Waals surface area contributed by atoms with Crippen LogP contribution in [-0.2, 0) is 9.84 Å². The number of anilines is 1. The second-order valence-corrected chi connectivity index (χ2v) is 6.72. The Hall–Kier alpha value is -0.820. The SMILES string of the molecule is CS(=O)(=O)CCNc1ccccc1SC(F)F. The molecular formula is C10H13F2NO2S2. The molecule has 0 radical (unpaired) electrons. The Kier molecular flexibility index (Phi) is 5.20. The van der Waals surface area contributed by atoms with Gasteiger partial charge in [0.05, 0.1) is 5.75 Å². The van der Waals surface area contributed by atoms with Crippen molar-refractivity contribution in [3.8, 4) is 0 Å². The molecule has 7 heteroatoms. The third-order valence-corrected chi connectivity index (χ3v) is 3.63. The summed E-state index contributed by atoms with van der Waals surface area (Å²) in [4.78, 5) is 0.413. The summed E-state index contributed by atoms with van der Waals surface area (Å²) in [5, 5.41) is 2.84. The second-order valence-electron chi connectivity index (χ2n) is 3.43. The van der Waals surface area contributed by atoms with Gasteiger partial charge in [-0.15, -0.1) is 0 Å². The van der Waals surface area contributed by atoms with E-state index in [0.717, 1.165) is 6.26 Å². The van der Waals surface area contributed by atoms with Crippen LogP contribution < -0.4 is 5.32 Å². The molecule has 0 saturated carbocycles. The topological polar surface area (TPSA) is 46.2 Å². The van der Waals surface area contributed by atoms with Crippen molar-refractivity contribution in [2.24, 2.45) is 0 Å². The van der Waals surface area contributed by atoms with Gasteiger partial charge in [-0.05, 0) is 12.1 Å². The molecule has 0 amide bonds. The summed E-state index contributed by atoms with van der Waals surface area (Å²) in [7, 11) is -3.05. The monoisotopic (exact) mass is 281 g/mol. The average Bonchev–Trinajstić information content (AvgIpc) is 2.18. The molecule has 0 unspecified atom stereocenters. The zero-order valence-corrected chi connectivity index (χ0v) is 10.8. The molecule has 0 spiro atoms. The van der Waals surface area contributed by atoms with E-state index in [-0.39, 0.29) is 12.3 Å². The summed E-state index contributed by atoms with van der Waals surface area (Å²) < 4.78 is 46.3. The number of alkyl halides is 2. The van der Waals surface area contributed by atoms with Gasteiger partial charge in [0.25, 0.3) is 5.76 Å². The number of benzene rings is 1. The maximum Gasteiger partial charge on any atom is 0.288 e. The molecule has 0 aromatic heterocycles. The van der Waals surface area contributed by atoms with Crippen molar-refractivity contribution in [1.82, 2.24) is 0 Å². The lowest BCUT2D eigenvalue weighted by Gasteiger charge is -2.10. The van der Waals surface area contributed by atoms with Crippen LogP contribution in [0, 0.1) is 0 Å². The maximum atomic E-state index is 12.3. The molecule has 17 heavy (non-hydrogen) atoms. The van der Waals surface area contributed by atoms with E-state index in [1.807, 2.05) is 0 Å². The van der Waals surface area contributed by atoms with Gasteiger partial charge < -0.3 is 5.32 Å². The molecule has 0 saturated heterocycles. The normalized spacial score (nSPS) is 11.8. The number of sulfone groups is 1. The molecule has 1 N–H and O–H groups in total. The number of para-hydroxylation sites is 1. The summed E-state index contributed by atoms with van der Waals surface area (Å²) >= 11 is 0.438. The van der Waals surface area contributed by atoms with Gasteiger partial charge in [0.1, 0.15) is 9.84 Å². The van der Waals surface area contributed by atoms with Crippen molar-refractivity contribution in [1.29, 1.82) is 0 Å². The molecule has 0 fully saturated rings. The molecule has 3 nitrogen and oxygen atoms in total. The first-order valence-electron chi connectivity index (χ1n) is 4.84. The Balaban J connectivity index is 2.64. The molecule has 1 rings (SSSR count). The van der Waals surface area contributed by atoms with Crippen molar-refractivity contribution in [2.45, 2.75) is 10.7 Å². The van der Waals surface area contributed by atoms with Crippen LogP contribution in [0.3, 0.4) is 0 Å². The second kappa shape index (κ2) is 6.20. The molecule has 0 aliphatic heterocycles. The number of rotatable bonds is 6. The maximum absolute atomic E-state index is 12.3. The van der Waals surface area contributed by atoms with Crippen molar-refractivity contribution >= 4 is 27.3 Å². The Morgan fingerprint density at radius 3 is 2.59 bits per heavy atom. The van der Waals surface area contributed by atoms with E-state index in [2.05, 4.69) is 5.32 Å². The van der Waals surface area contributed by atoms with Crippen LogP contribution in [0.25, 0.3) is 0 Å². The van der Waals surface area contributed by atoms with Crippen LogP contribution in [-0.4, -0.2) is 32.7 Å². The van der Waals surface area contributed by atoms with Crippen molar-refractivity contribution in [3.05, 3.63) is 24.3 Å². The molecule has 0 heterocycles. The highest BCUT2D eigenvalue weighted by atomic mass is 32.2. The smallest absolute Gasteiger partial charge is 0.288 e. The van der Waals surface area contributed by atoms with E-state index in [1.54, 1.807) is 24.3 Å². The number of hydrogen-bond acceptors (Lipinski definition) is 4. The van der Waals surface area contributed by atoms with Crippen LogP contribution in [0.2, 0.25) is 0 Å². The Bertz CT molecular complexity index is 463. The summed E-state index contributed by atoms with van der Waals surface area (Å²) in [5.41, 5.74) is 0.529. The van der Waals surface area contributed by atoms with E-state index in [0.29, 0.717) is 22.3 Å². The molecule has 1 aromatic rings. The lowest BCUT2D eigenvalue weighted by molar-refractivity contribution is 0.252. The number of halogens is 2. The predicted molar refractivity (Wildman–Crippen MR) is 66.5 cm³/mol. The van der Waals surface area contributed by atoms with E-state index < -0.39 is 15.6 Å². The minimum atomic E-state index is -3.05. The Morgan fingerprint density at radius 2 is 2.00 bits per heavy atom. The van der Waals surface area contributed by atoms with Gasteiger partial charge >= 0.3 is 0 Å². The third-order valence-electron chi connectivity index (χ3n) is 1.89. The lowest BCUT2D eigenvalue weighted by atomic mass is 10.3. The fraction of sp³-hybridized carbons (Fsp3) is 0.400. The first-order chi connectivity index (χ1) is 7.88. The van der Waals surface area contributed by atoms with Crippen LogP contribution in [0.4, 0.5) is 14.5 Å². The summed E-state index contributed by atoms with van der Waals surface area (Å²) in [6.45, 7) is 0.208. The number of hydrogen-bond donors (Lipinski definition) is 1. The van der Waals surface area contributed by atoms with E-state index >= 15 is 0 Å². The molecule has 0 bridgehead atoms. The van der Waals surface area contributed by atoms with Crippen molar-refractivity contribution < 1.29 is 17.2 Å². The fourth-order valence-electron chi connectivity index (χ4n) is 1.18.